The van der Waals surface area contributed by atoms with Crippen molar-refractivity contribution in [2.24, 2.45) is 11.3 Å². The molecule has 1 N–H and O–H groups in total. The van der Waals surface area contributed by atoms with E-state index in [-0.39, 0.29) is 24.3 Å². The molecule has 4 aliphatic rings. The molecule has 0 radical (unpaired) electrons. The van der Waals surface area contributed by atoms with Crippen molar-refractivity contribution >= 4 is 23.1 Å². The minimum absolute atomic E-state index is 0.156. The molecule has 3 aliphatic carbocycles. The molecule has 7 rings (SSSR count). The Bertz CT molecular complexity index is 1480. The number of ether oxygens (including phenoxy) is 1. The van der Waals surface area contributed by atoms with Crippen molar-refractivity contribution in [3.63, 3.8) is 0 Å². The molecule has 1 saturated heterocycles. The van der Waals surface area contributed by atoms with Gasteiger partial charge in [-0.05, 0) is 47.7 Å². The van der Waals surface area contributed by atoms with Crippen LogP contribution in [0.4, 0.5) is 5.69 Å². The lowest BCUT2D eigenvalue weighted by molar-refractivity contribution is -0.157. The van der Waals surface area contributed by atoms with Gasteiger partial charge in [0.15, 0.2) is 0 Å². The summed E-state index contributed by atoms with van der Waals surface area (Å²) in [5.74, 6) is -0.909. The van der Waals surface area contributed by atoms with Crippen LogP contribution in [0.5, 0.6) is 5.75 Å². The zero-order valence-corrected chi connectivity index (χ0v) is 22.7. The fourth-order valence-corrected chi connectivity index (χ4v) is 7.87. The SMILES string of the molecule is C=C(C(=O)N1CC2C3(c4ccc(N(C)C)cc4)CCC(c4ccccc43)C2(C(=O)O)C1)c1ccccc1OC. The van der Waals surface area contributed by atoms with Gasteiger partial charge in [0.2, 0.25) is 0 Å². The molecule has 1 saturated carbocycles. The number of carbonyl (C=O) groups excluding carboxylic acids is 1. The molecule has 2 bridgehead atoms. The number of benzene rings is 3. The van der Waals surface area contributed by atoms with Crippen molar-refractivity contribution in [3.05, 3.63) is 102 Å². The molecule has 1 heterocycles. The maximum Gasteiger partial charge on any atom is 0.312 e. The second kappa shape index (κ2) is 9.01. The highest BCUT2D eigenvalue weighted by Gasteiger charge is 2.70. The second-order valence-electron chi connectivity index (χ2n) is 11.4. The number of hydrogen-bond donors (Lipinski definition) is 1. The Hall–Kier alpha value is -4.06. The maximum atomic E-state index is 14.0. The van der Waals surface area contributed by atoms with Gasteiger partial charge in [-0.3, -0.25) is 9.59 Å². The fraction of sp³-hybridized carbons (Fsp3) is 0.333. The first-order chi connectivity index (χ1) is 18.8. The summed E-state index contributed by atoms with van der Waals surface area (Å²) >= 11 is 0. The molecule has 6 nitrogen and oxygen atoms in total. The Morgan fingerprint density at radius 1 is 1.03 bits per heavy atom. The molecule has 0 aromatic heterocycles. The molecule has 0 spiro atoms. The van der Waals surface area contributed by atoms with Crippen LogP contribution in [0.25, 0.3) is 5.57 Å². The normalized spacial score (nSPS) is 26.5. The predicted molar refractivity (Wildman–Crippen MR) is 152 cm³/mol. The van der Waals surface area contributed by atoms with Gasteiger partial charge in [-0.25, -0.2) is 0 Å². The predicted octanol–water partition coefficient (Wildman–Crippen LogP) is 5.18. The van der Waals surface area contributed by atoms with Crippen molar-refractivity contribution in [3.8, 4) is 5.75 Å². The average molecular weight is 523 g/mol. The van der Waals surface area contributed by atoms with Crippen molar-refractivity contribution in [1.29, 1.82) is 0 Å². The molecule has 6 heteroatoms. The van der Waals surface area contributed by atoms with Crippen LogP contribution in [0.15, 0.2) is 79.4 Å². The van der Waals surface area contributed by atoms with Crippen LogP contribution in [0, 0.1) is 11.3 Å². The highest BCUT2D eigenvalue weighted by molar-refractivity contribution is 6.19. The number of nitrogens with zero attached hydrogens (tertiary/aromatic N) is 2. The van der Waals surface area contributed by atoms with Crippen LogP contribution in [-0.2, 0) is 15.0 Å². The number of rotatable bonds is 6. The minimum Gasteiger partial charge on any atom is -0.496 e. The Morgan fingerprint density at radius 2 is 1.72 bits per heavy atom. The number of aliphatic carboxylic acids is 1. The zero-order chi connectivity index (χ0) is 27.5. The summed E-state index contributed by atoms with van der Waals surface area (Å²) in [6, 6.07) is 24.2. The van der Waals surface area contributed by atoms with Crippen LogP contribution >= 0.6 is 0 Å². The van der Waals surface area contributed by atoms with Gasteiger partial charge in [0.25, 0.3) is 5.91 Å². The first-order valence-corrected chi connectivity index (χ1v) is 13.5. The third kappa shape index (κ3) is 3.40. The smallest absolute Gasteiger partial charge is 0.312 e. The maximum absolute atomic E-state index is 14.0. The number of amides is 1. The van der Waals surface area contributed by atoms with Gasteiger partial charge >= 0.3 is 5.97 Å². The summed E-state index contributed by atoms with van der Waals surface area (Å²) in [5.41, 5.74) is 3.89. The fourth-order valence-electron chi connectivity index (χ4n) is 7.87. The number of likely N-dealkylation sites (tertiary alicyclic amines) is 1. The monoisotopic (exact) mass is 522 g/mol. The number of anilines is 1. The molecular formula is C33H34N2O4. The van der Waals surface area contributed by atoms with Crippen LogP contribution < -0.4 is 9.64 Å². The standard InChI is InChI=1S/C33H34N2O4/c1-21(24-9-6-8-12-28(24)39-4)30(36)35-19-29-32(22-13-15-23(16-14-22)34(2)3)18-17-27(33(29,20-35)31(37)38)25-10-5-7-11-26(25)32/h5-16,27,29H,1,17-20H2,2-4H3,(H,37,38). The first-order valence-electron chi connectivity index (χ1n) is 13.5. The topological polar surface area (TPSA) is 70.1 Å². The van der Waals surface area contributed by atoms with Crippen LogP contribution in [0.2, 0.25) is 0 Å². The van der Waals surface area contributed by atoms with E-state index in [1.165, 1.54) is 5.56 Å². The number of para-hydroxylation sites is 1. The second-order valence-corrected chi connectivity index (χ2v) is 11.4. The van der Waals surface area contributed by atoms with Crippen LogP contribution in [0.3, 0.4) is 0 Å². The van der Waals surface area contributed by atoms with E-state index in [4.69, 9.17) is 4.74 Å². The first kappa shape index (κ1) is 25.2. The Labute approximate surface area is 229 Å². The van der Waals surface area contributed by atoms with E-state index >= 15 is 0 Å². The average Bonchev–Trinajstić information content (AvgIpc) is 3.41. The summed E-state index contributed by atoms with van der Waals surface area (Å²) in [7, 11) is 5.60. The quantitative estimate of drug-likeness (QED) is 0.452. The van der Waals surface area contributed by atoms with E-state index in [1.807, 2.05) is 38.4 Å². The van der Waals surface area contributed by atoms with Gasteiger partial charge in [-0.15, -0.1) is 0 Å². The lowest BCUT2D eigenvalue weighted by Crippen LogP contribution is -2.60. The molecule has 1 amide bonds. The largest absolute Gasteiger partial charge is 0.496 e. The molecule has 3 aromatic carbocycles. The lowest BCUT2D eigenvalue weighted by Gasteiger charge is -2.59. The number of carboxylic acids is 1. The molecule has 4 atom stereocenters. The van der Waals surface area contributed by atoms with E-state index in [0.29, 0.717) is 23.4 Å². The van der Waals surface area contributed by atoms with Crippen LogP contribution in [0.1, 0.15) is 41.0 Å². The summed E-state index contributed by atoms with van der Waals surface area (Å²) in [5, 5.41) is 11.0. The molecule has 4 unspecified atom stereocenters. The highest BCUT2D eigenvalue weighted by Crippen LogP contribution is 2.69. The van der Waals surface area contributed by atoms with Gasteiger partial charge in [-0.2, -0.15) is 0 Å². The Balaban J connectivity index is 1.49. The number of carbonyl (C=O) groups is 2. The zero-order valence-electron chi connectivity index (χ0n) is 22.7. The van der Waals surface area contributed by atoms with Crippen molar-refractivity contribution in [2.45, 2.75) is 24.2 Å². The van der Waals surface area contributed by atoms with Gasteiger partial charge in [-0.1, -0.05) is 61.2 Å². The van der Waals surface area contributed by atoms with E-state index in [2.05, 4.69) is 53.9 Å². The third-order valence-corrected chi connectivity index (χ3v) is 9.61. The van der Waals surface area contributed by atoms with Gasteiger partial charge in [0, 0.05) is 61.3 Å². The van der Waals surface area contributed by atoms with Crippen molar-refractivity contribution in [1.82, 2.24) is 4.90 Å². The van der Waals surface area contributed by atoms with Crippen LogP contribution in [-0.4, -0.2) is 56.2 Å². The molecule has 39 heavy (non-hydrogen) atoms. The Kier molecular flexibility index (Phi) is 5.83. The van der Waals surface area contributed by atoms with E-state index in [0.717, 1.165) is 29.7 Å². The summed E-state index contributed by atoms with van der Waals surface area (Å²) in [4.78, 5) is 31.2. The van der Waals surface area contributed by atoms with E-state index in [1.54, 1.807) is 18.1 Å². The number of carboxylic acid groups (broad SMARTS) is 1. The molecular weight excluding hydrogens is 488 g/mol. The highest BCUT2D eigenvalue weighted by atomic mass is 16.5. The summed E-state index contributed by atoms with van der Waals surface area (Å²) in [6.07, 6.45) is 1.62. The van der Waals surface area contributed by atoms with Gasteiger partial charge in [0.05, 0.1) is 12.5 Å². The van der Waals surface area contributed by atoms with E-state index < -0.39 is 16.8 Å². The molecule has 200 valence electrons. The molecule has 3 aromatic rings. The number of hydrogen-bond acceptors (Lipinski definition) is 4. The number of fused-ring (bicyclic) bond motifs is 1. The van der Waals surface area contributed by atoms with Gasteiger partial charge < -0.3 is 19.6 Å². The van der Waals surface area contributed by atoms with Gasteiger partial charge in [0.1, 0.15) is 5.75 Å². The Morgan fingerprint density at radius 3 is 2.41 bits per heavy atom. The lowest BCUT2D eigenvalue weighted by atomic mass is 9.42. The van der Waals surface area contributed by atoms with Crippen molar-refractivity contribution < 1.29 is 19.4 Å². The molecule has 1 aliphatic heterocycles. The summed E-state index contributed by atoms with van der Waals surface area (Å²) in [6.45, 7) is 4.66. The van der Waals surface area contributed by atoms with Crippen molar-refractivity contribution in [2.75, 3.05) is 39.2 Å². The molecule has 2 fully saturated rings. The van der Waals surface area contributed by atoms with E-state index in [9.17, 15) is 14.7 Å². The third-order valence-electron chi connectivity index (χ3n) is 9.61. The summed E-state index contributed by atoms with van der Waals surface area (Å²) < 4.78 is 5.49. The number of methoxy groups -OCH3 is 1. The minimum atomic E-state index is -1.08.